The summed E-state index contributed by atoms with van der Waals surface area (Å²) in [5.74, 6) is 0.618. The second-order valence-corrected chi connectivity index (χ2v) is 6.80. The zero-order valence-electron chi connectivity index (χ0n) is 12.1. The van der Waals surface area contributed by atoms with E-state index in [0.29, 0.717) is 16.8 Å². The molecule has 0 amide bonds. The molecule has 3 rings (SSSR count). The molecule has 0 fully saturated rings. The molecule has 0 radical (unpaired) electrons. The van der Waals surface area contributed by atoms with E-state index in [1.165, 1.54) is 16.8 Å². The Morgan fingerprint density at radius 3 is 2.90 bits per heavy atom. The predicted octanol–water partition coefficient (Wildman–Crippen LogP) is 4.71. The average molecular weight is 333 g/mol. The molecule has 0 aliphatic heterocycles. The molecular formula is C17H21BrN2. The smallest absolute Gasteiger partial charge is 0.0628 e. The highest BCUT2D eigenvalue weighted by Crippen LogP contribution is 2.43. The Labute approximate surface area is 129 Å². The quantitative estimate of drug-likeness (QED) is 0.741. The van der Waals surface area contributed by atoms with Gasteiger partial charge >= 0.3 is 0 Å². The van der Waals surface area contributed by atoms with Gasteiger partial charge in [0.25, 0.3) is 0 Å². The number of fused-ring (bicyclic) bond motifs is 1. The Bertz CT molecular complexity index is 590. The lowest BCUT2D eigenvalue weighted by molar-refractivity contribution is 0.465. The predicted molar refractivity (Wildman–Crippen MR) is 86.2 cm³/mol. The summed E-state index contributed by atoms with van der Waals surface area (Å²) < 4.78 is 2.10. The number of nitrogens with zero attached hydrogens (tertiary/aromatic N) is 2. The van der Waals surface area contributed by atoms with Crippen molar-refractivity contribution in [2.75, 3.05) is 0 Å². The van der Waals surface area contributed by atoms with Crippen molar-refractivity contribution < 1.29 is 0 Å². The summed E-state index contributed by atoms with van der Waals surface area (Å²) in [6, 6.07) is 11.4. The van der Waals surface area contributed by atoms with Gasteiger partial charge in [-0.2, -0.15) is 5.10 Å². The van der Waals surface area contributed by atoms with Crippen molar-refractivity contribution in [3.8, 4) is 0 Å². The van der Waals surface area contributed by atoms with Crippen LogP contribution in [0.15, 0.2) is 36.5 Å². The van der Waals surface area contributed by atoms with Gasteiger partial charge in [0.2, 0.25) is 0 Å². The lowest BCUT2D eigenvalue weighted by atomic mass is 10.0. The van der Waals surface area contributed by atoms with Crippen molar-refractivity contribution in [1.82, 2.24) is 9.78 Å². The number of alkyl halides is 1. The summed E-state index contributed by atoms with van der Waals surface area (Å²) in [5, 5.41) is 4.74. The van der Waals surface area contributed by atoms with Gasteiger partial charge in [-0.15, -0.1) is 0 Å². The summed E-state index contributed by atoms with van der Waals surface area (Å²) in [6.45, 7) is 4.42. The van der Waals surface area contributed by atoms with E-state index in [1.807, 2.05) is 0 Å². The minimum Gasteiger partial charge on any atom is -0.270 e. The van der Waals surface area contributed by atoms with Crippen molar-refractivity contribution in [1.29, 1.82) is 0 Å². The zero-order chi connectivity index (χ0) is 14.1. The molecule has 2 nitrogen and oxygen atoms in total. The first kappa shape index (κ1) is 13.9. The van der Waals surface area contributed by atoms with Crippen molar-refractivity contribution in [2.45, 2.75) is 44.0 Å². The molecule has 2 aromatic rings. The van der Waals surface area contributed by atoms with Crippen LogP contribution < -0.4 is 0 Å². The highest BCUT2D eigenvalue weighted by Gasteiger charge is 2.30. The average Bonchev–Trinajstić information content (AvgIpc) is 3.05. The van der Waals surface area contributed by atoms with Crippen LogP contribution in [-0.4, -0.2) is 9.78 Å². The van der Waals surface area contributed by atoms with Gasteiger partial charge in [0.05, 0.1) is 5.69 Å². The molecule has 1 aliphatic rings. The fraction of sp³-hybridized carbons (Fsp3) is 0.471. The standard InChI is InChI=1S/C17H21BrN2/c1-3-12(2)20-9-8-15(19-20)11-14-10-13-6-4-5-7-16(13)17(14)18/h4-9,12,14,17H,3,10-11H2,1-2H3. The van der Waals surface area contributed by atoms with Crippen molar-refractivity contribution >= 4 is 15.9 Å². The van der Waals surface area contributed by atoms with Crippen LogP contribution >= 0.6 is 15.9 Å². The van der Waals surface area contributed by atoms with Gasteiger partial charge in [0.1, 0.15) is 0 Å². The van der Waals surface area contributed by atoms with Crippen LogP contribution in [-0.2, 0) is 12.8 Å². The Kier molecular flexibility index (Phi) is 3.97. The number of hydrogen-bond donors (Lipinski definition) is 0. The van der Waals surface area contributed by atoms with Gasteiger partial charge in [0.15, 0.2) is 0 Å². The van der Waals surface area contributed by atoms with Crippen LogP contribution in [0.1, 0.15) is 48.0 Å². The van der Waals surface area contributed by atoms with Crippen LogP contribution in [0.2, 0.25) is 0 Å². The third-order valence-corrected chi connectivity index (χ3v) is 5.67. The molecule has 0 bridgehead atoms. The van der Waals surface area contributed by atoms with E-state index in [2.05, 4.69) is 71.0 Å². The van der Waals surface area contributed by atoms with Crippen molar-refractivity contribution in [3.05, 3.63) is 53.3 Å². The zero-order valence-corrected chi connectivity index (χ0v) is 13.7. The number of hydrogen-bond acceptors (Lipinski definition) is 1. The van der Waals surface area contributed by atoms with E-state index in [-0.39, 0.29) is 0 Å². The first-order valence-electron chi connectivity index (χ1n) is 7.45. The number of halogens is 1. The van der Waals surface area contributed by atoms with E-state index < -0.39 is 0 Å². The maximum absolute atomic E-state index is 4.74. The third kappa shape index (κ3) is 2.56. The number of aromatic nitrogens is 2. The van der Waals surface area contributed by atoms with Crippen LogP contribution in [0.25, 0.3) is 0 Å². The molecule has 3 atom stereocenters. The summed E-state index contributed by atoms with van der Waals surface area (Å²) in [5.41, 5.74) is 4.16. The Balaban J connectivity index is 1.72. The molecule has 1 aromatic carbocycles. The molecule has 0 saturated carbocycles. The largest absolute Gasteiger partial charge is 0.270 e. The van der Waals surface area contributed by atoms with Gasteiger partial charge in [0, 0.05) is 17.1 Å². The molecule has 1 heterocycles. The van der Waals surface area contributed by atoms with Crippen molar-refractivity contribution in [3.63, 3.8) is 0 Å². The molecule has 3 unspecified atom stereocenters. The molecule has 3 heteroatoms. The molecule has 1 aromatic heterocycles. The van der Waals surface area contributed by atoms with Crippen LogP contribution in [0.4, 0.5) is 0 Å². The molecule has 1 aliphatic carbocycles. The number of benzene rings is 1. The maximum Gasteiger partial charge on any atom is 0.0628 e. The maximum atomic E-state index is 4.74. The number of rotatable bonds is 4. The monoisotopic (exact) mass is 332 g/mol. The lowest BCUT2D eigenvalue weighted by Gasteiger charge is -2.13. The Morgan fingerprint density at radius 2 is 2.15 bits per heavy atom. The molecule has 106 valence electrons. The van der Waals surface area contributed by atoms with Crippen LogP contribution in [0.5, 0.6) is 0 Å². The van der Waals surface area contributed by atoms with Crippen LogP contribution in [0.3, 0.4) is 0 Å². The van der Waals surface area contributed by atoms with Gasteiger partial charge in [-0.1, -0.05) is 47.1 Å². The van der Waals surface area contributed by atoms with Gasteiger partial charge in [-0.05, 0) is 49.3 Å². The van der Waals surface area contributed by atoms with E-state index in [0.717, 1.165) is 19.3 Å². The molecule has 0 N–H and O–H groups in total. The Hall–Kier alpha value is -1.09. The second-order valence-electron chi connectivity index (χ2n) is 5.81. The minimum atomic E-state index is 0.465. The Morgan fingerprint density at radius 1 is 1.35 bits per heavy atom. The first-order valence-corrected chi connectivity index (χ1v) is 8.36. The summed E-state index contributed by atoms with van der Waals surface area (Å²) >= 11 is 3.88. The fourth-order valence-electron chi connectivity index (χ4n) is 2.99. The van der Waals surface area contributed by atoms with Gasteiger partial charge < -0.3 is 0 Å². The van der Waals surface area contributed by atoms with Gasteiger partial charge in [-0.25, -0.2) is 0 Å². The van der Waals surface area contributed by atoms with E-state index >= 15 is 0 Å². The van der Waals surface area contributed by atoms with Crippen LogP contribution in [0, 0.1) is 5.92 Å². The SMILES string of the molecule is CCC(C)n1ccc(CC2Cc3ccccc3C2Br)n1. The van der Waals surface area contributed by atoms with Gasteiger partial charge in [-0.3, -0.25) is 4.68 Å². The first-order chi connectivity index (χ1) is 9.69. The molecular weight excluding hydrogens is 312 g/mol. The summed E-state index contributed by atoms with van der Waals surface area (Å²) in [7, 11) is 0. The highest BCUT2D eigenvalue weighted by atomic mass is 79.9. The lowest BCUT2D eigenvalue weighted by Crippen LogP contribution is -2.09. The summed E-state index contributed by atoms with van der Waals surface area (Å²) in [6.07, 6.45) is 5.45. The minimum absolute atomic E-state index is 0.465. The molecule has 0 saturated heterocycles. The topological polar surface area (TPSA) is 17.8 Å². The second kappa shape index (κ2) is 5.72. The van der Waals surface area contributed by atoms with E-state index in [4.69, 9.17) is 5.10 Å². The van der Waals surface area contributed by atoms with E-state index in [1.54, 1.807) is 0 Å². The van der Waals surface area contributed by atoms with E-state index in [9.17, 15) is 0 Å². The van der Waals surface area contributed by atoms with Crippen molar-refractivity contribution in [2.24, 2.45) is 5.92 Å². The highest BCUT2D eigenvalue weighted by molar-refractivity contribution is 9.09. The normalized spacial score (nSPS) is 22.8. The third-order valence-electron chi connectivity index (χ3n) is 4.43. The molecule has 0 spiro atoms. The molecule has 20 heavy (non-hydrogen) atoms. The fourth-order valence-corrected chi connectivity index (χ4v) is 3.81. The summed E-state index contributed by atoms with van der Waals surface area (Å²) in [4.78, 5) is 0.465.